The lowest BCUT2D eigenvalue weighted by molar-refractivity contribution is 0.00700. The molecule has 0 bridgehead atoms. The highest BCUT2D eigenvalue weighted by molar-refractivity contribution is 7.90. The van der Waals surface area contributed by atoms with Crippen LogP contribution < -0.4 is 4.72 Å². The van der Waals surface area contributed by atoms with Crippen LogP contribution in [0.3, 0.4) is 0 Å². The van der Waals surface area contributed by atoms with Crippen molar-refractivity contribution in [3.05, 3.63) is 34.9 Å². The molecule has 1 aromatic carbocycles. The molecule has 0 saturated carbocycles. The maximum atomic E-state index is 14.8. The van der Waals surface area contributed by atoms with E-state index in [0.717, 1.165) is 12.1 Å². The molecule has 1 saturated heterocycles. The number of amides is 1. The number of nitrogens with zero attached hydrogens (tertiary/aromatic N) is 1. The van der Waals surface area contributed by atoms with Gasteiger partial charge in [0.15, 0.2) is 0 Å². The Balaban J connectivity index is 1.87. The number of hydrogen-bond donors (Lipinski definition) is 1. The lowest BCUT2D eigenvalue weighted by Gasteiger charge is -2.43. The Kier molecular flexibility index (Phi) is 6.17. The Hall–Kier alpha value is -1.38. The van der Waals surface area contributed by atoms with Gasteiger partial charge in [-0.15, -0.1) is 4.72 Å². The average molecular weight is 443 g/mol. The van der Waals surface area contributed by atoms with Crippen LogP contribution in [0.2, 0.25) is 0 Å². The van der Waals surface area contributed by atoms with Crippen LogP contribution in [0.5, 0.6) is 0 Å². The van der Waals surface area contributed by atoms with Crippen molar-refractivity contribution in [1.29, 1.82) is 0 Å². The van der Waals surface area contributed by atoms with E-state index in [1.165, 1.54) is 0 Å². The van der Waals surface area contributed by atoms with Crippen molar-refractivity contribution in [2.75, 3.05) is 13.1 Å². The van der Waals surface area contributed by atoms with Gasteiger partial charge in [-0.2, -0.15) is 0 Å². The van der Waals surface area contributed by atoms with Gasteiger partial charge in [-0.25, -0.2) is 13.6 Å². The maximum Gasteiger partial charge on any atom is 0.410 e. The second kappa shape index (κ2) is 7.95. The first-order valence-electron chi connectivity index (χ1n) is 10.4. The fourth-order valence-corrected chi connectivity index (χ4v) is 5.19. The highest BCUT2D eigenvalue weighted by Crippen LogP contribution is 2.54. The Bertz CT molecular complexity index is 812. The molecule has 0 radical (unpaired) electrons. The number of halogens is 2. The molecule has 1 unspecified atom stereocenters. The Morgan fingerprint density at radius 3 is 2.27 bits per heavy atom. The molecule has 2 atom stereocenters. The molecule has 3 rings (SSSR count). The van der Waals surface area contributed by atoms with Gasteiger partial charge in [0, 0.05) is 35.4 Å². The number of likely N-dealkylation sites (tertiary alicyclic amines) is 1. The lowest BCUT2D eigenvalue weighted by Crippen LogP contribution is -2.51. The quantitative estimate of drug-likeness (QED) is 0.678. The van der Waals surface area contributed by atoms with Gasteiger partial charge in [0.1, 0.15) is 22.0 Å². The Morgan fingerprint density at radius 1 is 1.17 bits per heavy atom. The molecule has 1 aliphatic carbocycles. The SMILES string of the molecule is CC(C)(C)OC(=O)N1CCC2(CC1)Cc1c(F)ccc(F)c1[C@H]2N[S+]([O-])C(C)(C)C. The summed E-state index contributed by atoms with van der Waals surface area (Å²) in [5.41, 5.74) is -0.469. The van der Waals surface area contributed by atoms with Crippen LogP contribution in [0.1, 0.15) is 71.6 Å². The second-order valence-electron chi connectivity index (χ2n) is 10.4. The fourth-order valence-electron chi connectivity index (χ4n) is 4.26. The van der Waals surface area contributed by atoms with Crippen LogP contribution in [0.4, 0.5) is 13.6 Å². The first kappa shape index (κ1) is 23.3. The van der Waals surface area contributed by atoms with Crippen LogP contribution in [0.25, 0.3) is 0 Å². The normalized spacial score (nSPS) is 22.2. The van der Waals surface area contributed by atoms with E-state index >= 15 is 0 Å². The molecule has 1 spiro atoms. The number of carbonyl (C=O) groups excluding carboxylic acids is 1. The lowest BCUT2D eigenvalue weighted by atomic mass is 9.73. The minimum Gasteiger partial charge on any atom is -0.598 e. The summed E-state index contributed by atoms with van der Waals surface area (Å²) in [4.78, 5) is 14.1. The van der Waals surface area contributed by atoms with Gasteiger partial charge in [-0.1, -0.05) is 0 Å². The van der Waals surface area contributed by atoms with Gasteiger partial charge >= 0.3 is 6.09 Å². The minimum absolute atomic E-state index is 0.276. The molecule has 1 heterocycles. The van der Waals surface area contributed by atoms with E-state index < -0.39 is 44.8 Å². The molecule has 8 heteroatoms. The smallest absolute Gasteiger partial charge is 0.410 e. The van der Waals surface area contributed by atoms with Crippen molar-refractivity contribution in [3.8, 4) is 0 Å². The molecule has 1 aromatic rings. The molecule has 1 amide bonds. The zero-order chi connectivity index (χ0) is 22.5. The van der Waals surface area contributed by atoms with Gasteiger partial charge in [0.05, 0.1) is 6.04 Å². The second-order valence-corrected chi connectivity index (χ2v) is 12.4. The zero-order valence-corrected chi connectivity index (χ0v) is 19.4. The summed E-state index contributed by atoms with van der Waals surface area (Å²) in [6, 6.07) is 1.71. The van der Waals surface area contributed by atoms with Gasteiger partial charge in [-0.3, -0.25) is 0 Å². The van der Waals surface area contributed by atoms with Crippen molar-refractivity contribution >= 4 is 17.5 Å². The van der Waals surface area contributed by atoms with E-state index in [9.17, 15) is 18.1 Å². The first-order chi connectivity index (χ1) is 13.7. The highest BCUT2D eigenvalue weighted by Gasteiger charge is 2.53. The monoisotopic (exact) mass is 442 g/mol. The third-order valence-corrected chi connectivity index (χ3v) is 7.43. The Morgan fingerprint density at radius 2 is 1.73 bits per heavy atom. The number of nitrogens with one attached hydrogen (secondary N) is 1. The highest BCUT2D eigenvalue weighted by atomic mass is 32.2. The van der Waals surface area contributed by atoms with E-state index in [-0.39, 0.29) is 11.7 Å². The largest absolute Gasteiger partial charge is 0.598 e. The number of piperidine rings is 1. The summed E-state index contributed by atoms with van der Waals surface area (Å²) >= 11 is -1.45. The van der Waals surface area contributed by atoms with Crippen LogP contribution in [0.15, 0.2) is 12.1 Å². The van der Waals surface area contributed by atoms with Crippen LogP contribution in [-0.4, -0.2) is 39.0 Å². The van der Waals surface area contributed by atoms with Crippen LogP contribution in [-0.2, 0) is 22.5 Å². The Labute approximate surface area is 180 Å². The molecule has 1 aliphatic heterocycles. The van der Waals surface area contributed by atoms with E-state index in [2.05, 4.69) is 4.72 Å². The van der Waals surface area contributed by atoms with Crippen molar-refractivity contribution in [3.63, 3.8) is 0 Å². The van der Waals surface area contributed by atoms with Gasteiger partial charge in [0.2, 0.25) is 0 Å². The summed E-state index contributed by atoms with van der Waals surface area (Å²) < 4.78 is 50.3. The van der Waals surface area contributed by atoms with Gasteiger partial charge < -0.3 is 14.2 Å². The molecule has 2 aliphatic rings. The summed E-state index contributed by atoms with van der Waals surface area (Å²) in [7, 11) is 0. The molecule has 30 heavy (non-hydrogen) atoms. The molecule has 0 aromatic heterocycles. The number of carbonyl (C=O) groups is 1. The number of ether oxygens (including phenoxy) is 1. The molecular formula is C22H32F2N2O3S. The van der Waals surface area contributed by atoms with Gasteiger partial charge in [0.25, 0.3) is 0 Å². The summed E-state index contributed by atoms with van der Waals surface area (Å²) in [5, 5.41) is 0. The molecule has 1 fully saturated rings. The molecule has 5 nitrogen and oxygen atoms in total. The zero-order valence-electron chi connectivity index (χ0n) is 18.6. The number of fused-ring (bicyclic) bond motifs is 1. The predicted molar refractivity (Wildman–Crippen MR) is 113 cm³/mol. The number of benzene rings is 1. The molecule has 1 N–H and O–H groups in total. The summed E-state index contributed by atoms with van der Waals surface area (Å²) in [5.74, 6) is -0.924. The van der Waals surface area contributed by atoms with Crippen molar-refractivity contribution in [1.82, 2.24) is 9.62 Å². The van der Waals surface area contributed by atoms with Crippen molar-refractivity contribution in [2.45, 2.75) is 77.2 Å². The first-order valence-corrected chi connectivity index (χ1v) is 11.5. The molecular weight excluding hydrogens is 410 g/mol. The predicted octanol–water partition coefficient (Wildman–Crippen LogP) is 4.63. The maximum absolute atomic E-state index is 14.8. The van der Waals surface area contributed by atoms with E-state index in [1.54, 1.807) is 4.90 Å². The third kappa shape index (κ3) is 4.60. The fraction of sp³-hybridized carbons (Fsp3) is 0.682. The standard InChI is InChI=1S/C22H32F2N2O3S/c1-20(2,3)29-19(27)26-11-9-22(10-12-26)13-14-15(23)7-8-16(24)17(14)18(22)25-30(28)21(4,5)6/h7-8,18,25H,9-13H2,1-6H3/t18-,30?/m1/s1. The average Bonchev–Trinajstić information content (AvgIpc) is 2.92. The van der Waals surface area contributed by atoms with Crippen molar-refractivity contribution < 1.29 is 22.9 Å². The topological polar surface area (TPSA) is 64.6 Å². The van der Waals surface area contributed by atoms with E-state index in [1.807, 2.05) is 41.5 Å². The van der Waals surface area contributed by atoms with Crippen molar-refractivity contribution in [2.24, 2.45) is 5.41 Å². The van der Waals surface area contributed by atoms with E-state index in [0.29, 0.717) is 37.9 Å². The molecule has 168 valence electrons. The van der Waals surface area contributed by atoms with Crippen LogP contribution in [0, 0.1) is 17.0 Å². The third-order valence-electron chi connectivity index (χ3n) is 5.87. The van der Waals surface area contributed by atoms with E-state index in [4.69, 9.17) is 4.74 Å². The van der Waals surface area contributed by atoms with Gasteiger partial charge in [-0.05, 0) is 78.5 Å². The number of hydrogen-bond acceptors (Lipinski definition) is 4. The number of rotatable bonds is 2. The summed E-state index contributed by atoms with van der Waals surface area (Å²) in [6.07, 6.45) is 1.05. The summed E-state index contributed by atoms with van der Waals surface area (Å²) in [6.45, 7) is 11.8. The minimum atomic E-state index is -1.45. The van der Waals surface area contributed by atoms with Crippen LogP contribution >= 0.6 is 0 Å².